The van der Waals surface area contributed by atoms with Crippen LogP contribution in [0.3, 0.4) is 0 Å². The number of nitrogens with zero attached hydrogens (tertiary/aromatic N) is 1. The number of allylic oxidation sites excluding steroid dienone is 1. The molecule has 1 heterocycles. The van der Waals surface area contributed by atoms with E-state index in [-0.39, 0.29) is 12.5 Å². The largest absolute Gasteiger partial charge is 0.485 e. The van der Waals surface area contributed by atoms with E-state index in [1.165, 1.54) is 11.1 Å². The SMILES string of the molecule is CC1=C[C@@H]2c3ccc(CCCCCCO[N+](=O)[O-])cc3OC(C)(C)[C@@]2(O)CC1. The van der Waals surface area contributed by atoms with Crippen molar-refractivity contribution in [2.24, 2.45) is 0 Å². The lowest BCUT2D eigenvalue weighted by Gasteiger charge is -2.52. The molecule has 1 aliphatic carbocycles. The molecule has 0 amide bonds. The van der Waals surface area contributed by atoms with Crippen LogP contribution in [0.4, 0.5) is 0 Å². The molecule has 0 spiro atoms. The molecule has 1 N–H and O–H groups in total. The quantitative estimate of drug-likeness (QED) is 0.301. The molecule has 154 valence electrons. The summed E-state index contributed by atoms with van der Waals surface area (Å²) >= 11 is 0. The number of aliphatic hydroxyl groups is 1. The molecule has 0 bridgehead atoms. The standard InChI is InChI=1S/C22H31NO5/c1-16-11-12-22(24)19(14-16)18-10-9-17(15-20(18)28-21(22,2)3)8-6-4-5-7-13-27-23(25)26/h9-10,14-15,19,24H,4-8,11-13H2,1-3H3/t19-,22-/m1/s1. The highest BCUT2D eigenvalue weighted by atomic mass is 16.9. The number of aryl methyl sites for hydroxylation is 1. The normalized spacial score (nSPS) is 25.1. The number of hydrogen-bond donors (Lipinski definition) is 1. The van der Waals surface area contributed by atoms with Gasteiger partial charge in [-0.3, -0.25) is 0 Å². The number of unbranched alkanes of at least 4 members (excludes halogenated alkanes) is 3. The first kappa shape index (κ1) is 20.6. The van der Waals surface area contributed by atoms with E-state index in [1.54, 1.807) is 0 Å². The molecule has 0 aromatic heterocycles. The van der Waals surface area contributed by atoms with Crippen molar-refractivity contribution in [1.29, 1.82) is 0 Å². The third-order valence-corrected chi connectivity index (χ3v) is 6.24. The third kappa shape index (κ3) is 4.17. The highest BCUT2D eigenvalue weighted by Gasteiger charge is 2.55. The minimum absolute atomic E-state index is 0.0318. The van der Waals surface area contributed by atoms with E-state index in [4.69, 9.17) is 4.74 Å². The molecule has 1 aromatic carbocycles. The smallest absolute Gasteiger partial charge is 0.294 e. The number of hydrogen-bond acceptors (Lipinski definition) is 5. The monoisotopic (exact) mass is 389 g/mol. The summed E-state index contributed by atoms with van der Waals surface area (Å²) in [7, 11) is 0. The minimum Gasteiger partial charge on any atom is -0.485 e. The Morgan fingerprint density at radius 2 is 2.04 bits per heavy atom. The molecule has 0 radical (unpaired) electrons. The zero-order valence-corrected chi connectivity index (χ0v) is 17.1. The van der Waals surface area contributed by atoms with E-state index >= 15 is 0 Å². The maximum absolute atomic E-state index is 11.4. The first-order chi connectivity index (χ1) is 13.2. The summed E-state index contributed by atoms with van der Waals surface area (Å²) in [5.41, 5.74) is 2.09. The van der Waals surface area contributed by atoms with Gasteiger partial charge in [-0.05, 0) is 64.5 Å². The molecule has 1 aromatic rings. The van der Waals surface area contributed by atoms with Crippen molar-refractivity contribution in [2.45, 2.75) is 82.8 Å². The minimum atomic E-state index is -0.882. The van der Waals surface area contributed by atoms with Gasteiger partial charge < -0.3 is 14.7 Å². The van der Waals surface area contributed by atoms with Gasteiger partial charge in [0, 0.05) is 11.5 Å². The fourth-order valence-corrected chi connectivity index (χ4v) is 4.44. The summed E-state index contributed by atoms with van der Waals surface area (Å²) in [6.07, 6.45) is 8.42. The lowest BCUT2D eigenvalue weighted by Crippen LogP contribution is -2.60. The molecule has 1 aliphatic heterocycles. The Morgan fingerprint density at radius 3 is 2.79 bits per heavy atom. The van der Waals surface area contributed by atoms with Gasteiger partial charge in [0.1, 0.15) is 17.0 Å². The first-order valence-corrected chi connectivity index (χ1v) is 10.2. The van der Waals surface area contributed by atoms with Crippen LogP contribution in [0.1, 0.15) is 76.3 Å². The summed E-state index contributed by atoms with van der Waals surface area (Å²) in [5, 5.41) is 20.8. The van der Waals surface area contributed by atoms with E-state index in [2.05, 4.69) is 36.0 Å². The highest BCUT2D eigenvalue weighted by molar-refractivity contribution is 5.48. The summed E-state index contributed by atoms with van der Waals surface area (Å²) in [4.78, 5) is 14.4. The fraction of sp³-hybridized carbons (Fsp3) is 0.636. The Kier molecular flexibility index (Phi) is 5.98. The zero-order valence-electron chi connectivity index (χ0n) is 17.1. The van der Waals surface area contributed by atoms with Crippen LogP contribution in [0.15, 0.2) is 29.8 Å². The molecule has 2 aliphatic rings. The predicted molar refractivity (Wildman–Crippen MR) is 107 cm³/mol. The van der Waals surface area contributed by atoms with Gasteiger partial charge in [0.2, 0.25) is 0 Å². The summed E-state index contributed by atoms with van der Waals surface area (Å²) in [6, 6.07) is 6.36. The van der Waals surface area contributed by atoms with E-state index in [0.717, 1.165) is 43.4 Å². The lowest BCUT2D eigenvalue weighted by atomic mass is 9.64. The van der Waals surface area contributed by atoms with Crippen LogP contribution in [-0.2, 0) is 11.3 Å². The van der Waals surface area contributed by atoms with Crippen LogP contribution in [0.2, 0.25) is 0 Å². The molecular weight excluding hydrogens is 358 g/mol. The van der Waals surface area contributed by atoms with Crippen LogP contribution in [0.5, 0.6) is 5.75 Å². The highest BCUT2D eigenvalue weighted by Crippen LogP contribution is 2.53. The van der Waals surface area contributed by atoms with Crippen LogP contribution in [-0.4, -0.2) is 28.0 Å². The molecule has 3 rings (SSSR count). The molecule has 6 nitrogen and oxygen atoms in total. The van der Waals surface area contributed by atoms with Gasteiger partial charge in [0.15, 0.2) is 0 Å². The van der Waals surface area contributed by atoms with Gasteiger partial charge in [0.05, 0.1) is 6.61 Å². The number of ether oxygens (including phenoxy) is 1. The zero-order chi connectivity index (χ0) is 20.4. The van der Waals surface area contributed by atoms with Gasteiger partial charge in [-0.15, -0.1) is 10.1 Å². The summed E-state index contributed by atoms with van der Waals surface area (Å²) in [5.74, 6) is 0.846. The molecule has 0 saturated heterocycles. The van der Waals surface area contributed by atoms with E-state index in [1.807, 2.05) is 13.8 Å². The number of benzene rings is 1. The van der Waals surface area contributed by atoms with Crippen molar-refractivity contribution >= 4 is 0 Å². The summed E-state index contributed by atoms with van der Waals surface area (Å²) < 4.78 is 6.29. The third-order valence-electron chi connectivity index (χ3n) is 6.24. The lowest BCUT2D eigenvalue weighted by molar-refractivity contribution is -0.757. The second-order valence-electron chi connectivity index (χ2n) is 8.62. The molecule has 0 saturated carbocycles. The van der Waals surface area contributed by atoms with Crippen molar-refractivity contribution in [3.05, 3.63) is 51.1 Å². The van der Waals surface area contributed by atoms with Crippen molar-refractivity contribution < 1.29 is 19.8 Å². The maximum atomic E-state index is 11.4. The van der Waals surface area contributed by atoms with Crippen LogP contribution in [0.25, 0.3) is 0 Å². The molecule has 0 unspecified atom stereocenters. The van der Waals surface area contributed by atoms with Crippen LogP contribution >= 0.6 is 0 Å². The Balaban J connectivity index is 1.63. The molecule has 6 heteroatoms. The van der Waals surface area contributed by atoms with E-state index in [0.29, 0.717) is 12.8 Å². The van der Waals surface area contributed by atoms with Crippen molar-refractivity contribution in [1.82, 2.24) is 0 Å². The summed E-state index contributed by atoms with van der Waals surface area (Å²) in [6.45, 7) is 6.27. The van der Waals surface area contributed by atoms with E-state index < -0.39 is 16.3 Å². The van der Waals surface area contributed by atoms with Gasteiger partial charge in [-0.1, -0.05) is 36.6 Å². The van der Waals surface area contributed by atoms with Crippen molar-refractivity contribution in [3.8, 4) is 5.75 Å². The maximum Gasteiger partial charge on any atom is 0.294 e. The first-order valence-electron chi connectivity index (χ1n) is 10.2. The second kappa shape index (κ2) is 8.11. The number of rotatable bonds is 8. The Morgan fingerprint density at radius 1 is 1.29 bits per heavy atom. The Bertz CT molecular complexity index is 757. The fourth-order valence-electron chi connectivity index (χ4n) is 4.44. The topological polar surface area (TPSA) is 81.8 Å². The van der Waals surface area contributed by atoms with Crippen LogP contribution in [0, 0.1) is 10.1 Å². The van der Waals surface area contributed by atoms with E-state index in [9.17, 15) is 15.2 Å². The number of fused-ring (bicyclic) bond motifs is 3. The van der Waals surface area contributed by atoms with Gasteiger partial charge in [-0.25, -0.2) is 0 Å². The second-order valence-corrected chi connectivity index (χ2v) is 8.62. The van der Waals surface area contributed by atoms with Gasteiger partial charge in [-0.2, -0.15) is 0 Å². The van der Waals surface area contributed by atoms with Crippen molar-refractivity contribution in [2.75, 3.05) is 6.61 Å². The van der Waals surface area contributed by atoms with Crippen molar-refractivity contribution in [3.63, 3.8) is 0 Å². The Hall–Kier alpha value is -2.08. The van der Waals surface area contributed by atoms with Gasteiger partial charge >= 0.3 is 0 Å². The predicted octanol–water partition coefficient (Wildman–Crippen LogP) is 4.72. The van der Waals surface area contributed by atoms with Crippen LogP contribution < -0.4 is 4.74 Å². The molecule has 0 fully saturated rings. The Labute approximate surface area is 166 Å². The molecule has 2 atom stereocenters. The average Bonchev–Trinajstić information content (AvgIpc) is 2.62. The average molecular weight is 389 g/mol. The molecular formula is C22H31NO5. The van der Waals surface area contributed by atoms with Gasteiger partial charge in [0.25, 0.3) is 5.09 Å². The molecule has 28 heavy (non-hydrogen) atoms.